The minimum atomic E-state index is -0.526. The van der Waals surface area contributed by atoms with Crippen molar-refractivity contribution in [2.24, 2.45) is 5.73 Å². The minimum Gasteiger partial charge on any atom is -0.484 e. The standard InChI is InChI=1S/C16H20ClN3O4/c17-11-3-5-12(6-4-11)24-10-14(21)19-8-7-15(22)20-9-1-2-13(20)16(18)23/h3-6,13H,1-2,7-10H2,(H2,18,23)(H,19,21). The Labute approximate surface area is 145 Å². The zero-order valence-electron chi connectivity index (χ0n) is 13.2. The summed E-state index contributed by atoms with van der Waals surface area (Å²) in [5.74, 6) is -0.464. The number of carbonyl (C=O) groups excluding carboxylic acids is 3. The lowest BCUT2D eigenvalue weighted by molar-refractivity contribution is -0.137. The second kappa shape index (κ2) is 8.54. The van der Waals surface area contributed by atoms with Gasteiger partial charge in [-0.3, -0.25) is 14.4 Å². The Balaban J connectivity index is 1.67. The number of likely N-dealkylation sites (tertiary alicyclic amines) is 1. The molecule has 1 atom stereocenters. The van der Waals surface area contributed by atoms with Crippen molar-refractivity contribution in [3.63, 3.8) is 0 Å². The maximum Gasteiger partial charge on any atom is 0.257 e. The van der Waals surface area contributed by atoms with Crippen LogP contribution in [0.1, 0.15) is 19.3 Å². The average Bonchev–Trinajstić information content (AvgIpc) is 3.04. The number of nitrogens with one attached hydrogen (secondary N) is 1. The lowest BCUT2D eigenvalue weighted by Gasteiger charge is -2.22. The fourth-order valence-corrected chi connectivity index (χ4v) is 2.67. The molecule has 1 fully saturated rings. The molecular formula is C16H20ClN3O4. The molecule has 0 spiro atoms. The van der Waals surface area contributed by atoms with Gasteiger partial charge in [-0.15, -0.1) is 0 Å². The van der Waals surface area contributed by atoms with Gasteiger partial charge < -0.3 is 20.7 Å². The molecule has 1 aromatic carbocycles. The molecule has 7 nitrogen and oxygen atoms in total. The molecular weight excluding hydrogens is 334 g/mol. The molecule has 0 radical (unpaired) electrons. The van der Waals surface area contributed by atoms with Crippen molar-refractivity contribution in [1.29, 1.82) is 0 Å². The molecule has 0 saturated carbocycles. The number of benzene rings is 1. The van der Waals surface area contributed by atoms with E-state index in [4.69, 9.17) is 22.1 Å². The third kappa shape index (κ3) is 5.13. The van der Waals surface area contributed by atoms with Crippen molar-refractivity contribution in [2.45, 2.75) is 25.3 Å². The molecule has 1 saturated heterocycles. The van der Waals surface area contributed by atoms with E-state index < -0.39 is 11.9 Å². The number of halogens is 1. The van der Waals surface area contributed by atoms with Crippen LogP contribution in [0, 0.1) is 0 Å². The van der Waals surface area contributed by atoms with Gasteiger partial charge in [0.1, 0.15) is 11.8 Å². The highest BCUT2D eigenvalue weighted by atomic mass is 35.5. The molecule has 2 rings (SSSR count). The quantitative estimate of drug-likeness (QED) is 0.753. The predicted molar refractivity (Wildman–Crippen MR) is 88.5 cm³/mol. The van der Waals surface area contributed by atoms with Crippen molar-refractivity contribution in [1.82, 2.24) is 10.2 Å². The summed E-state index contributed by atoms with van der Waals surface area (Å²) in [5.41, 5.74) is 5.28. The highest BCUT2D eigenvalue weighted by molar-refractivity contribution is 6.30. The van der Waals surface area contributed by atoms with E-state index in [9.17, 15) is 14.4 Å². The largest absolute Gasteiger partial charge is 0.484 e. The first kappa shape index (κ1) is 18.1. The third-order valence-corrected chi connectivity index (χ3v) is 4.00. The molecule has 1 unspecified atom stereocenters. The number of nitrogens with zero attached hydrogens (tertiary/aromatic N) is 1. The topological polar surface area (TPSA) is 102 Å². The molecule has 0 bridgehead atoms. The second-order valence-corrected chi connectivity index (χ2v) is 5.93. The summed E-state index contributed by atoms with van der Waals surface area (Å²) in [6.07, 6.45) is 1.49. The van der Waals surface area contributed by atoms with Gasteiger partial charge in [-0.1, -0.05) is 11.6 Å². The first-order valence-corrected chi connectivity index (χ1v) is 8.09. The number of hydrogen-bond donors (Lipinski definition) is 2. The normalized spacial score (nSPS) is 16.7. The van der Waals surface area contributed by atoms with Crippen LogP contribution in [0.15, 0.2) is 24.3 Å². The van der Waals surface area contributed by atoms with Crippen LogP contribution in [-0.2, 0) is 14.4 Å². The van der Waals surface area contributed by atoms with Crippen LogP contribution in [-0.4, -0.2) is 48.4 Å². The van der Waals surface area contributed by atoms with Crippen molar-refractivity contribution in [2.75, 3.05) is 19.7 Å². The van der Waals surface area contributed by atoms with E-state index in [1.54, 1.807) is 24.3 Å². The van der Waals surface area contributed by atoms with Gasteiger partial charge in [0.05, 0.1) is 0 Å². The highest BCUT2D eigenvalue weighted by Crippen LogP contribution is 2.17. The van der Waals surface area contributed by atoms with Gasteiger partial charge in [-0.2, -0.15) is 0 Å². The molecule has 8 heteroatoms. The van der Waals surface area contributed by atoms with Crippen LogP contribution in [0.2, 0.25) is 5.02 Å². The van der Waals surface area contributed by atoms with Crippen molar-refractivity contribution < 1.29 is 19.1 Å². The Morgan fingerprint density at radius 1 is 1.29 bits per heavy atom. The molecule has 1 aromatic rings. The number of nitrogens with two attached hydrogens (primary N) is 1. The lowest BCUT2D eigenvalue weighted by Crippen LogP contribution is -2.44. The first-order chi connectivity index (χ1) is 11.5. The molecule has 24 heavy (non-hydrogen) atoms. The molecule has 3 amide bonds. The number of carbonyl (C=O) groups is 3. The molecule has 130 valence electrons. The van der Waals surface area contributed by atoms with E-state index >= 15 is 0 Å². The lowest BCUT2D eigenvalue weighted by atomic mass is 10.2. The summed E-state index contributed by atoms with van der Waals surface area (Å²) in [7, 11) is 0. The Morgan fingerprint density at radius 3 is 2.67 bits per heavy atom. The van der Waals surface area contributed by atoms with Crippen LogP contribution >= 0.6 is 11.6 Å². The van der Waals surface area contributed by atoms with E-state index in [0.29, 0.717) is 23.7 Å². The SMILES string of the molecule is NC(=O)C1CCCN1C(=O)CCNC(=O)COc1ccc(Cl)cc1. The van der Waals surface area contributed by atoms with Crippen molar-refractivity contribution in [3.8, 4) is 5.75 Å². The van der Waals surface area contributed by atoms with Gasteiger partial charge >= 0.3 is 0 Å². The van der Waals surface area contributed by atoms with Crippen LogP contribution in [0.3, 0.4) is 0 Å². The van der Waals surface area contributed by atoms with Gasteiger partial charge in [-0.05, 0) is 37.1 Å². The first-order valence-electron chi connectivity index (χ1n) is 7.71. The minimum absolute atomic E-state index is 0.121. The smallest absolute Gasteiger partial charge is 0.257 e. The molecule has 1 heterocycles. The predicted octanol–water partition coefficient (Wildman–Crippen LogP) is 0.701. The Bertz CT molecular complexity index is 606. The fourth-order valence-electron chi connectivity index (χ4n) is 2.54. The summed E-state index contributed by atoms with van der Waals surface area (Å²) in [4.78, 5) is 36.5. The van der Waals surface area contributed by atoms with Crippen LogP contribution in [0.4, 0.5) is 0 Å². The highest BCUT2D eigenvalue weighted by Gasteiger charge is 2.32. The van der Waals surface area contributed by atoms with E-state index in [2.05, 4.69) is 5.32 Å². The summed E-state index contributed by atoms with van der Waals surface area (Å²) in [5, 5.41) is 3.19. The van der Waals surface area contributed by atoms with Crippen LogP contribution in [0.25, 0.3) is 0 Å². The monoisotopic (exact) mass is 353 g/mol. The van der Waals surface area contributed by atoms with Crippen molar-refractivity contribution in [3.05, 3.63) is 29.3 Å². The van der Waals surface area contributed by atoms with E-state index in [0.717, 1.165) is 6.42 Å². The molecule has 0 aliphatic carbocycles. The van der Waals surface area contributed by atoms with Gasteiger partial charge in [-0.25, -0.2) is 0 Å². The number of primary amides is 1. The van der Waals surface area contributed by atoms with Gasteiger partial charge in [0.25, 0.3) is 5.91 Å². The van der Waals surface area contributed by atoms with Gasteiger partial charge in [0.15, 0.2) is 6.61 Å². The molecule has 1 aliphatic rings. The summed E-state index contributed by atoms with van der Waals surface area (Å²) >= 11 is 5.76. The molecule has 1 aliphatic heterocycles. The fraction of sp³-hybridized carbons (Fsp3) is 0.438. The van der Waals surface area contributed by atoms with E-state index in [1.165, 1.54) is 4.90 Å². The van der Waals surface area contributed by atoms with Crippen LogP contribution in [0.5, 0.6) is 5.75 Å². The third-order valence-electron chi connectivity index (χ3n) is 3.75. The number of amides is 3. The zero-order valence-corrected chi connectivity index (χ0v) is 13.9. The zero-order chi connectivity index (χ0) is 17.5. The van der Waals surface area contributed by atoms with Gasteiger partial charge in [0.2, 0.25) is 11.8 Å². The van der Waals surface area contributed by atoms with E-state index in [-0.39, 0.29) is 31.4 Å². The summed E-state index contributed by atoms with van der Waals surface area (Å²) in [6, 6.07) is 6.13. The van der Waals surface area contributed by atoms with Crippen LogP contribution < -0.4 is 15.8 Å². The Hall–Kier alpha value is -2.28. The maximum atomic E-state index is 12.1. The Morgan fingerprint density at radius 2 is 2.00 bits per heavy atom. The summed E-state index contributed by atoms with van der Waals surface area (Å²) in [6.45, 7) is 0.563. The van der Waals surface area contributed by atoms with Crippen molar-refractivity contribution >= 4 is 29.3 Å². The summed E-state index contributed by atoms with van der Waals surface area (Å²) < 4.78 is 5.30. The molecule has 0 aromatic heterocycles. The molecule has 3 N–H and O–H groups in total. The number of hydrogen-bond acceptors (Lipinski definition) is 4. The average molecular weight is 354 g/mol. The van der Waals surface area contributed by atoms with E-state index in [1.807, 2.05) is 0 Å². The maximum absolute atomic E-state index is 12.1. The Kier molecular flexibility index (Phi) is 6.43. The van der Waals surface area contributed by atoms with Gasteiger partial charge in [0, 0.05) is 24.5 Å². The number of ether oxygens (including phenoxy) is 1. The number of rotatable bonds is 7. The second-order valence-electron chi connectivity index (χ2n) is 5.49.